The molecule has 0 heterocycles. The smallest absolute Gasteiger partial charge is 0.225 e. The van der Waals surface area contributed by atoms with Crippen molar-refractivity contribution in [2.45, 2.75) is 6.42 Å². The number of nitrogens with one attached hydrogen (secondary N) is 1. The molecule has 1 N–H and O–H groups in total. The van der Waals surface area contributed by atoms with E-state index in [4.69, 9.17) is 5.26 Å². The first-order chi connectivity index (χ1) is 8.46. The monoisotopic (exact) mass is 264 g/mol. The SMILES string of the molecule is C=CS(=O)(=O)CCC(=O)Nc1ccc(C#N)cc1. The highest BCUT2D eigenvalue weighted by molar-refractivity contribution is 7.94. The minimum atomic E-state index is -3.36. The van der Waals surface area contributed by atoms with Gasteiger partial charge in [-0.25, -0.2) is 8.42 Å². The van der Waals surface area contributed by atoms with Gasteiger partial charge >= 0.3 is 0 Å². The van der Waals surface area contributed by atoms with Crippen molar-refractivity contribution in [1.82, 2.24) is 0 Å². The molecule has 5 nitrogen and oxygen atoms in total. The summed E-state index contributed by atoms with van der Waals surface area (Å²) in [6, 6.07) is 8.25. The van der Waals surface area contributed by atoms with E-state index in [0.29, 0.717) is 11.3 Å². The van der Waals surface area contributed by atoms with Crippen LogP contribution in [-0.4, -0.2) is 20.1 Å². The largest absolute Gasteiger partial charge is 0.326 e. The lowest BCUT2D eigenvalue weighted by Gasteiger charge is -2.04. The minimum Gasteiger partial charge on any atom is -0.326 e. The molecule has 0 aromatic heterocycles. The number of rotatable bonds is 5. The second-order valence-electron chi connectivity index (χ2n) is 3.52. The molecule has 0 fully saturated rings. The molecule has 0 atom stereocenters. The molecule has 18 heavy (non-hydrogen) atoms. The van der Waals surface area contributed by atoms with Crippen LogP contribution in [0, 0.1) is 11.3 Å². The van der Waals surface area contributed by atoms with Crippen LogP contribution < -0.4 is 5.32 Å². The second-order valence-corrected chi connectivity index (χ2v) is 5.59. The quantitative estimate of drug-likeness (QED) is 0.871. The zero-order chi connectivity index (χ0) is 13.6. The average molecular weight is 264 g/mol. The molecule has 6 heteroatoms. The van der Waals surface area contributed by atoms with E-state index in [1.54, 1.807) is 24.3 Å². The fourth-order valence-electron chi connectivity index (χ4n) is 1.17. The molecule has 94 valence electrons. The van der Waals surface area contributed by atoms with Gasteiger partial charge in [-0.05, 0) is 24.3 Å². The molecule has 0 spiro atoms. The molecule has 1 aromatic carbocycles. The molecular formula is C12H12N2O3S. The predicted octanol–water partition coefficient (Wildman–Crippen LogP) is 1.45. The number of carbonyl (C=O) groups is 1. The Balaban J connectivity index is 2.55. The number of hydrogen-bond acceptors (Lipinski definition) is 4. The maximum absolute atomic E-state index is 11.5. The van der Waals surface area contributed by atoms with E-state index in [9.17, 15) is 13.2 Å². The summed E-state index contributed by atoms with van der Waals surface area (Å²) in [6.45, 7) is 3.16. The van der Waals surface area contributed by atoms with Crippen molar-refractivity contribution < 1.29 is 13.2 Å². The van der Waals surface area contributed by atoms with E-state index in [0.717, 1.165) is 5.41 Å². The summed E-state index contributed by atoms with van der Waals surface area (Å²) in [5.41, 5.74) is 1.01. The number of sulfone groups is 1. The van der Waals surface area contributed by atoms with Crippen LogP contribution in [0.2, 0.25) is 0 Å². The zero-order valence-electron chi connectivity index (χ0n) is 9.59. The van der Waals surface area contributed by atoms with Crippen LogP contribution in [0.15, 0.2) is 36.3 Å². The third-order valence-electron chi connectivity index (χ3n) is 2.17. The highest BCUT2D eigenvalue weighted by atomic mass is 32.2. The fourth-order valence-corrected chi connectivity index (χ4v) is 1.81. The summed E-state index contributed by atoms with van der Waals surface area (Å²) in [7, 11) is -3.36. The molecule has 0 unspecified atom stereocenters. The van der Waals surface area contributed by atoms with Crippen molar-refractivity contribution >= 4 is 21.4 Å². The second kappa shape index (κ2) is 5.98. The van der Waals surface area contributed by atoms with E-state index < -0.39 is 15.7 Å². The van der Waals surface area contributed by atoms with Gasteiger partial charge in [0.25, 0.3) is 0 Å². The van der Waals surface area contributed by atoms with Gasteiger partial charge in [0.1, 0.15) is 0 Å². The Hall–Kier alpha value is -2.13. The standard InChI is InChI=1S/C12H12N2O3S/c1-2-18(16,17)8-7-12(15)14-11-5-3-10(9-13)4-6-11/h2-6H,1,7-8H2,(H,14,15). The van der Waals surface area contributed by atoms with E-state index >= 15 is 0 Å². The van der Waals surface area contributed by atoms with Crippen LogP contribution in [0.3, 0.4) is 0 Å². The average Bonchev–Trinajstić information content (AvgIpc) is 2.37. The zero-order valence-corrected chi connectivity index (χ0v) is 10.4. The first kappa shape index (κ1) is 13.9. The molecule has 0 aliphatic heterocycles. The summed E-state index contributed by atoms with van der Waals surface area (Å²) in [4.78, 5) is 11.5. The molecule has 0 saturated heterocycles. The number of nitrogens with zero attached hydrogens (tertiary/aromatic N) is 1. The van der Waals surface area contributed by atoms with Gasteiger partial charge < -0.3 is 5.32 Å². The van der Waals surface area contributed by atoms with Gasteiger partial charge in [0.05, 0.1) is 17.4 Å². The minimum absolute atomic E-state index is 0.131. The molecule has 0 radical (unpaired) electrons. The van der Waals surface area contributed by atoms with Crippen LogP contribution in [0.25, 0.3) is 0 Å². The van der Waals surface area contributed by atoms with Crippen LogP contribution in [0.1, 0.15) is 12.0 Å². The van der Waals surface area contributed by atoms with Crippen molar-refractivity contribution in [3.05, 3.63) is 41.8 Å². The fraction of sp³-hybridized carbons (Fsp3) is 0.167. The van der Waals surface area contributed by atoms with Crippen LogP contribution in [0.5, 0.6) is 0 Å². The lowest BCUT2D eigenvalue weighted by Crippen LogP contribution is -2.16. The van der Waals surface area contributed by atoms with E-state index in [-0.39, 0.29) is 12.2 Å². The number of carbonyl (C=O) groups excluding carboxylic acids is 1. The lowest BCUT2D eigenvalue weighted by molar-refractivity contribution is -0.115. The summed E-state index contributed by atoms with van der Waals surface area (Å²) in [5.74, 6) is -0.663. The van der Waals surface area contributed by atoms with Crippen molar-refractivity contribution in [2.24, 2.45) is 0 Å². The van der Waals surface area contributed by atoms with Gasteiger partial charge in [0.2, 0.25) is 5.91 Å². The Morgan fingerprint density at radius 2 is 2.00 bits per heavy atom. The number of anilines is 1. The first-order valence-electron chi connectivity index (χ1n) is 5.12. The van der Waals surface area contributed by atoms with E-state index in [2.05, 4.69) is 11.9 Å². The van der Waals surface area contributed by atoms with Gasteiger partial charge in [0, 0.05) is 17.5 Å². The lowest BCUT2D eigenvalue weighted by atomic mass is 10.2. The maximum atomic E-state index is 11.5. The molecule has 0 aliphatic rings. The maximum Gasteiger partial charge on any atom is 0.225 e. The molecule has 1 aromatic rings. The topological polar surface area (TPSA) is 87.0 Å². The predicted molar refractivity (Wildman–Crippen MR) is 68.4 cm³/mol. The van der Waals surface area contributed by atoms with Crippen molar-refractivity contribution in [3.63, 3.8) is 0 Å². The highest BCUT2D eigenvalue weighted by Crippen LogP contribution is 2.09. The normalized spacial score (nSPS) is 10.4. The third kappa shape index (κ3) is 4.39. The van der Waals surface area contributed by atoms with Gasteiger partial charge in [-0.1, -0.05) is 6.58 Å². The molecular weight excluding hydrogens is 252 g/mol. The summed E-state index contributed by atoms with van der Waals surface area (Å²) >= 11 is 0. The Labute approximate surface area is 106 Å². The highest BCUT2D eigenvalue weighted by Gasteiger charge is 2.09. The van der Waals surface area contributed by atoms with Gasteiger partial charge in [-0.3, -0.25) is 4.79 Å². The Morgan fingerprint density at radius 1 is 1.39 bits per heavy atom. The molecule has 1 rings (SSSR count). The summed E-state index contributed by atoms with van der Waals surface area (Å²) in [6.07, 6.45) is -0.131. The van der Waals surface area contributed by atoms with Crippen LogP contribution in [0.4, 0.5) is 5.69 Å². The molecule has 0 aliphatic carbocycles. The third-order valence-corrected chi connectivity index (χ3v) is 3.45. The Morgan fingerprint density at radius 3 is 2.50 bits per heavy atom. The van der Waals surface area contributed by atoms with Crippen molar-refractivity contribution in [1.29, 1.82) is 5.26 Å². The number of nitriles is 1. The van der Waals surface area contributed by atoms with Gasteiger partial charge in [-0.15, -0.1) is 0 Å². The van der Waals surface area contributed by atoms with Crippen LogP contribution >= 0.6 is 0 Å². The van der Waals surface area contributed by atoms with E-state index in [1.807, 2.05) is 6.07 Å². The molecule has 1 amide bonds. The number of amides is 1. The molecule has 0 saturated carbocycles. The Kier molecular flexibility index (Phi) is 4.63. The number of hydrogen-bond donors (Lipinski definition) is 1. The number of benzene rings is 1. The Bertz CT molecular complexity index is 583. The molecule has 0 bridgehead atoms. The van der Waals surface area contributed by atoms with Crippen molar-refractivity contribution in [3.8, 4) is 6.07 Å². The summed E-state index contributed by atoms with van der Waals surface area (Å²) < 4.78 is 22.2. The first-order valence-corrected chi connectivity index (χ1v) is 6.83. The van der Waals surface area contributed by atoms with Gasteiger partial charge in [-0.2, -0.15) is 5.26 Å². The summed E-state index contributed by atoms with van der Waals surface area (Å²) in [5, 5.41) is 12.0. The van der Waals surface area contributed by atoms with Crippen molar-refractivity contribution in [2.75, 3.05) is 11.1 Å². The van der Waals surface area contributed by atoms with Gasteiger partial charge in [0.15, 0.2) is 9.84 Å². The van der Waals surface area contributed by atoms with E-state index in [1.165, 1.54) is 0 Å². The van der Waals surface area contributed by atoms with Crippen LogP contribution in [-0.2, 0) is 14.6 Å².